The standard InChI is InChI=1S/C15H14ClN3O3/c1-8(10-6-9(16)7-18-14(10)17)21-12-5-3-4-11-13(12)22-15(20)19(11)2/h3-8H,1-2H3,(H2,17,18)/t8-/m1/s1. The first-order chi connectivity index (χ1) is 10.5. The van der Waals surface area contributed by atoms with Crippen molar-refractivity contribution in [3.05, 3.63) is 51.6 Å². The van der Waals surface area contributed by atoms with Gasteiger partial charge in [0.05, 0.1) is 10.5 Å². The Morgan fingerprint density at radius 3 is 3.00 bits per heavy atom. The molecule has 1 atom stereocenters. The number of aryl methyl sites for hydroxylation is 1. The van der Waals surface area contributed by atoms with Crippen LogP contribution in [0.25, 0.3) is 11.1 Å². The number of hydrogen-bond acceptors (Lipinski definition) is 5. The van der Waals surface area contributed by atoms with Crippen LogP contribution in [0.3, 0.4) is 0 Å². The second kappa shape index (κ2) is 5.38. The van der Waals surface area contributed by atoms with E-state index in [1.54, 1.807) is 31.3 Å². The highest BCUT2D eigenvalue weighted by Gasteiger charge is 2.17. The third-order valence-corrected chi connectivity index (χ3v) is 3.65. The molecule has 114 valence electrons. The van der Waals surface area contributed by atoms with Crippen molar-refractivity contribution in [2.45, 2.75) is 13.0 Å². The molecule has 0 aliphatic carbocycles. The Kier molecular flexibility index (Phi) is 3.54. The lowest BCUT2D eigenvalue weighted by Gasteiger charge is -2.16. The highest BCUT2D eigenvalue weighted by molar-refractivity contribution is 6.30. The van der Waals surface area contributed by atoms with Gasteiger partial charge in [0.2, 0.25) is 0 Å². The van der Waals surface area contributed by atoms with E-state index >= 15 is 0 Å². The summed E-state index contributed by atoms with van der Waals surface area (Å²) in [5, 5.41) is 0.476. The molecular weight excluding hydrogens is 306 g/mol. The number of rotatable bonds is 3. The molecule has 2 aromatic heterocycles. The summed E-state index contributed by atoms with van der Waals surface area (Å²) in [5.41, 5.74) is 7.58. The maximum atomic E-state index is 11.6. The van der Waals surface area contributed by atoms with Crippen molar-refractivity contribution < 1.29 is 9.15 Å². The molecule has 0 spiro atoms. The quantitative estimate of drug-likeness (QED) is 0.802. The van der Waals surface area contributed by atoms with Gasteiger partial charge in [-0.2, -0.15) is 0 Å². The van der Waals surface area contributed by atoms with Crippen molar-refractivity contribution in [2.24, 2.45) is 7.05 Å². The molecule has 22 heavy (non-hydrogen) atoms. The number of hydrogen-bond donors (Lipinski definition) is 1. The fourth-order valence-electron chi connectivity index (χ4n) is 2.26. The van der Waals surface area contributed by atoms with E-state index in [2.05, 4.69) is 4.98 Å². The monoisotopic (exact) mass is 319 g/mol. The first kappa shape index (κ1) is 14.5. The molecule has 0 fully saturated rings. The number of oxazole rings is 1. The van der Waals surface area contributed by atoms with E-state index in [1.807, 2.05) is 6.92 Å². The molecular formula is C15H14ClN3O3. The number of aromatic nitrogens is 2. The lowest BCUT2D eigenvalue weighted by atomic mass is 10.1. The van der Waals surface area contributed by atoms with Gasteiger partial charge in [-0.1, -0.05) is 17.7 Å². The van der Waals surface area contributed by atoms with E-state index in [1.165, 1.54) is 10.8 Å². The second-order valence-corrected chi connectivity index (χ2v) is 5.36. The molecule has 0 amide bonds. The van der Waals surface area contributed by atoms with Crippen LogP contribution in [0.2, 0.25) is 5.02 Å². The van der Waals surface area contributed by atoms with Gasteiger partial charge in [0, 0.05) is 18.8 Å². The Hall–Kier alpha value is -2.47. The zero-order valence-electron chi connectivity index (χ0n) is 12.0. The Bertz CT molecular complexity index is 901. The van der Waals surface area contributed by atoms with E-state index in [9.17, 15) is 4.79 Å². The fourth-order valence-corrected chi connectivity index (χ4v) is 2.43. The normalized spacial score (nSPS) is 12.5. The van der Waals surface area contributed by atoms with Crippen LogP contribution in [0.15, 0.2) is 39.7 Å². The smallest absolute Gasteiger partial charge is 0.419 e. The first-order valence-electron chi connectivity index (χ1n) is 6.63. The number of ether oxygens (including phenoxy) is 1. The van der Waals surface area contributed by atoms with Crippen molar-refractivity contribution in [1.29, 1.82) is 0 Å². The lowest BCUT2D eigenvalue weighted by molar-refractivity contribution is 0.227. The minimum atomic E-state index is -0.442. The first-order valence-corrected chi connectivity index (χ1v) is 7.01. The zero-order chi connectivity index (χ0) is 15.9. The van der Waals surface area contributed by atoms with E-state index in [0.717, 1.165) is 0 Å². The predicted octanol–water partition coefficient (Wildman–Crippen LogP) is 2.90. The van der Waals surface area contributed by atoms with Crippen molar-refractivity contribution in [1.82, 2.24) is 9.55 Å². The molecule has 3 rings (SSSR count). The van der Waals surface area contributed by atoms with Crippen LogP contribution in [-0.4, -0.2) is 9.55 Å². The Morgan fingerprint density at radius 2 is 2.23 bits per heavy atom. The highest BCUT2D eigenvalue weighted by Crippen LogP contribution is 2.31. The van der Waals surface area contributed by atoms with Gasteiger partial charge in [0.15, 0.2) is 11.3 Å². The van der Waals surface area contributed by atoms with Crippen LogP contribution >= 0.6 is 11.6 Å². The van der Waals surface area contributed by atoms with Crippen LogP contribution < -0.4 is 16.2 Å². The maximum absolute atomic E-state index is 11.6. The number of pyridine rings is 1. The van der Waals surface area contributed by atoms with Crippen molar-refractivity contribution in [2.75, 3.05) is 5.73 Å². The third kappa shape index (κ3) is 2.42. The molecule has 0 unspecified atom stereocenters. The van der Waals surface area contributed by atoms with Gasteiger partial charge in [-0.15, -0.1) is 0 Å². The largest absolute Gasteiger partial charge is 0.482 e. The molecule has 0 aliphatic rings. The number of para-hydroxylation sites is 1. The third-order valence-electron chi connectivity index (χ3n) is 3.44. The molecule has 0 saturated heterocycles. The van der Waals surface area contributed by atoms with Gasteiger partial charge in [0.25, 0.3) is 0 Å². The minimum absolute atomic E-state index is 0.346. The molecule has 0 radical (unpaired) electrons. The van der Waals surface area contributed by atoms with Crippen LogP contribution in [0.1, 0.15) is 18.6 Å². The maximum Gasteiger partial charge on any atom is 0.419 e. The summed E-state index contributed by atoms with van der Waals surface area (Å²) < 4.78 is 12.5. The summed E-state index contributed by atoms with van der Waals surface area (Å²) >= 11 is 5.95. The van der Waals surface area contributed by atoms with Crippen LogP contribution in [0.4, 0.5) is 5.82 Å². The predicted molar refractivity (Wildman–Crippen MR) is 84.2 cm³/mol. The summed E-state index contributed by atoms with van der Waals surface area (Å²) in [6.07, 6.45) is 1.08. The van der Waals surface area contributed by atoms with Gasteiger partial charge < -0.3 is 14.9 Å². The van der Waals surface area contributed by atoms with Crippen molar-refractivity contribution in [3.63, 3.8) is 0 Å². The van der Waals surface area contributed by atoms with Crippen molar-refractivity contribution in [3.8, 4) is 5.75 Å². The van der Waals surface area contributed by atoms with E-state index < -0.39 is 11.9 Å². The number of nitrogens with zero attached hydrogens (tertiary/aromatic N) is 2. The summed E-state index contributed by atoms with van der Waals surface area (Å²) in [6, 6.07) is 7.01. The molecule has 6 nitrogen and oxygen atoms in total. The number of nitrogens with two attached hydrogens (primary N) is 1. The summed E-state index contributed by atoms with van der Waals surface area (Å²) in [7, 11) is 1.64. The Labute approximate surface area is 131 Å². The van der Waals surface area contributed by atoms with Crippen LogP contribution in [-0.2, 0) is 7.05 Å². The van der Waals surface area contributed by atoms with Crippen LogP contribution in [0.5, 0.6) is 5.75 Å². The van der Waals surface area contributed by atoms with Crippen molar-refractivity contribution >= 4 is 28.5 Å². The number of fused-ring (bicyclic) bond motifs is 1. The van der Waals surface area contributed by atoms with E-state index in [0.29, 0.717) is 33.3 Å². The Balaban J connectivity index is 2.01. The lowest BCUT2D eigenvalue weighted by Crippen LogP contribution is -2.08. The topological polar surface area (TPSA) is 83.3 Å². The number of benzene rings is 1. The average Bonchev–Trinajstić information content (AvgIpc) is 2.78. The highest BCUT2D eigenvalue weighted by atomic mass is 35.5. The van der Waals surface area contributed by atoms with Gasteiger partial charge in [0.1, 0.15) is 11.9 Å². The molecule has 0 saturated carbocycles. The number of nitrogen functional groups attached to an aromatic ring is 1. The van der Waals surface area contributed by atoms with Gasteiger partial charge in [-0.05, 0) is 25.1 Å². The van der Waals surface area contributed by atoms with Gasteiger partial charge >= 0.3 is 5.76 Å². The molecule has 0 bridgehead atoms. The second-order valence-electron chi connectivity index (χ2n) is 4.92. The van der Waals surface area contributed by atoms with E-state index in [-0.39, 0.29) is 0 Å². The zero-order valence-corrected chi connectivity index (χ0v) is 12.8. The fraction of sp³-hybridized carbons (Fsp3) is 0.200. The number of halogens is 1. The SMILES string of the molecule is C[C@@H](Oc1cccc2c1oc(=O)n2C)c1cc(Cl)cnc1N. The Morgan fingerprint density at radius 1 is 1.45 bits per heavy atom. The van der Waals surface area contributed by atoms with Gasteiger partial charge in [-0.25, -0.2) is 9.78 Å². The summed E-state index contributed by atoms with van der Waals surface area (Å²) in [6.45, 7) is 1.82. The molecule has 1 aromatic carbocycles. The molecule has 0 aliphatic heterocycles. The molecule has 3 aromatic rings. The summed E-state index contributed by atoms with van der Waals surface area (Å²) in [4.78, 5) is 15.6. The molecule has 2 heterocycles. The minimum Gasteiger partial charge on any atom is -0.482 e. The average molecular weight is 320 g/mol. The summed E-state index contributed by atoms with van der Waals surface area (Å²) in [5.74, 6) is 0.364. The number of anilines is 1. The van der Waals surface area contributed by atoms with E-state index in [4.69, 9.17) is 26.5 Å². The van der Waals surface area contributed by atoms with Gasteiger partial charge in [-0.3, -0.25) is 4.57 Å². The van der Waals surface area contributed by atoms with Crippen LogP contribution in [0, 0.1) is 0 Å². The molecule has 2 N–H and O–H groups in total. The molecule has 7 heteroatoms.